The zero-order chi connectivity index (χ0) is 12.3. The van der Waals surface area contributed by atoms with Crippen LogP contribution < -0.4 is 0 Å². The second-order valence-electron chi connectivity index (χ2n) is 3.11. The van der Waals surface area contributed by atoms with E-state index in [4.69, 9.17) is 33.4 Å². The summed E-state index contributed by atoms with van der Waals surface area (Å²) in [5, 5.41) is 17.9. The summed E-state index contributed by atoms with van der Waals surface area (Å²) < 4.78 is 0. The van der Waals surface area contributed by atoms with E-state index in [1.807, 2.05) is 0 Å². The van der Waals surface area contributed by atoms with E-state index in [-0.39, 0.29) is 10.6 Å². The van der Waals surface area contributed by atoms with Crippen LogP contribution in [0.3, 0.4) is 0 Å². The van der Waals surface area contributed by atoms with E-state index in [2.05, 4.69) is 0 Å². The molecule has 1 unspecified atom stereocenters. The average Bonchev–Trinajstić information content (AvgIpc) is 2.21. The van der Waals surface area contributed by atoms with Gasteiger partial charge < -0.3 is 10.2 Å². The Morgan fingerprint density at radius 3 is 2.38 bits per heavy atom. The number of carbonyl (C=O) groups is 2. The minimum absolute atomic E-state index is 0.206. The number of carbonyl (C=O) groups excluding carboxylic acids is 1. The first-order chi connectivity index (χ1) is 7.41. The minimum atomic E-state index is -1.71. The van der Waals surface area contributed by atoms with Crippen molar-refractivity contribution in [2.45, 2.75) is 12.5 Å². The summed E-state index contributed by atoms with van der Waals surface area (Å²) >= 11 is 11.3. The molecule has 0 spiro atoms. The lowest BCUT2D eigenvalue weighted by Crippen LogP contribution is -2.23. The lowest BCUT2D eigenvalue weighted by atomic mass is 10.1. The molecule has 6 heteroatoms. The van der Waals surface area contributed by atoms with Crippen molar-refractivity contribution >= 4 is 35.0 Å². The van der Waals surface area contributed by atoms with E-state index in [0.29, 0.717) is 5.02 Å². The quantitative estimate of drug-likeness (QED) is 0.815. The number of aliphatic carboxylic acids is 1. The molecule has 0 saturated carbocycles. The normalized spacial score (nSPS) is 12.2. The molecule has 4 nitrogen and oxygen atoms in total. The highest BCUT2D eigenvalue weighted by Crippen LogP contribution is 2.23. The molecule has 0 amide bonds. The summed E-state index contributed by atoms with van der Waals surface area (Å²) in [5.41, 5.74) is 0.217. The molecule has 1 aromatic carbocycles. The number of ketones is 1. The van der Waals surface area contributed by atoms with Crippen molar-refractivity contribution in [1.29, 1.82) is 0 Å². The van der Waals surface area contributed by atoms with E-state index in [1.165, 1.54) is 18.2 Å². The van der Waals surface area contributed by atoms with Crippen molar-refractivity contribution in [3.05, 3.63) is 33.8 Å². The first-order valence-corrected chi connectivity index (χ1v) is 5.06. The Balaban J connectivity index is 2.81. The van der Waals surface area contributed by atoms with E-state index in [0.717, 1.165) is 0 Å². The first kappa shape index (κ1) is 13.0. The van der Waals surface area contributed by atoms with Crippen LogP contribution in [0, 0.1) is 0 Å². The molecule has 0 aromatic heterocycles. The van der Waals surface area contributed by atoms with Crippen molar-refractivity contribution < 1.29 is 19.8 Å². The van der Waals surface area contributed by atoms with Crippen LogP contribution in [0.15, 0.2) is 18.2 Å². The number of carboxylic acids is 1. The highest BCUT2D eigenvalue weighted by Gasteiger charge is 2.19. The van der Waals surface area contributed by atoms with Gasteiger partial charge in [0, 0.05) is 12.0 Å². The van der Waals surface area contributed by atoms with E-state index < -0.39 is 24.3 Å². The summed E-state index contributed by atoms with van der Waals surface area (Å²) in [6, 6.07) is 4.19. The first-order valence-electron chi connectivity index (χ1n) is 4.31. The highest BCUT2D eigenvalue weighted by molar-refractivity contribution is 6.42. The van der Waals surface area contributed by atoms with Crippen molar-refractivity contribution in [2.24, 2.45) is 0 Å². The van der Waals surface area contributed by atoms with Gasteiger partial charge in [0.25, 0.3) is 0 Å². The second-order valence-corrected chi connectivity index (χ2v) is 3.92. The predicted octanol–water partition coefficient (Wildman–Crippen LogP) is 2.01. The zero-order valence-corrected chi connectivity index (χ0v) is 9.50. The van der Waals surface area contributed by atoms with Gasteiger partial charge in [-0.3, -0.25) is 4.79 Å². The Morgan fingerprint density at radius 1 is 1.25 bits per heavy atom. The number of Topliss-reactive ketones (excluding diaryl/α,β-unsaturated/α-hetero) is 1. The van der Waals surface area contributed by atoms with Gasteiger partial charge in [-0.05, 0) is 18.2 Å². The molecule has 0 radical (unpaired) electrons. The maximum atomic E-state index is 11.5. The van der Waals surface area contributed by atoms with Gasteiger partial charge in [0.1, 0.15) is 0 Å². The van der Waals surface area contributed by atoms with Gasteiger partial charge in [-0.2, -0.15) is 0 Å². The number of aliphatic hydroxyl groups is 1. The smallest absolute Gasteiger partial charge is 0.332 e. The molecule has 0 heterocycles. The van der Waals surface area contributed by atoms with Gasteiger partial charge in [0.05, 0.1) is 10.0 Å². The molecule has 2 N–H and O–H groups in total. The third kappa shape index (κ3) is 3.20. The van der Waals surface area contributed by atoms with Crippen LogP contribution in [0.4, 0.5) is 0 Å². The van der Waals surface area contributed by atoms with Crippen LogP contribution in [-0.4, -0.2) is 28.1 Å². The molecule has 86 valence electrons. The molecule has 1 atom stereocenters. The summed E-state index contributed by atoms with van der Waals surface area (Å²) in [5.74, 6) is -1.94. The molecule has 0 aliphatic rings. The molecule has 0 aliphatic heterocycles. The molecule has 0 saturated heterocycles. The minimum Gasteiger partial charge on any atom is -0.479 e. The molecule has 0 bridgehead atoms. The third-order valence-corrected chi connectivity index (χ3v) is 2.64. The number of hydrogen-bond acceptors (Lipinski definition) is 3. The molecular formula is C10H8Cl2O4. The fraction of sp³-hybridized carbons (Fsp3) is 0.200. The zero-order valence-electron chi connectivity index (χ0n) is 7.98. The number of carboxylic acid groups (broad SMARTS) is 1. The topological polar surface area (TPSA) is 74.6 Å². The highest BCUT2D eigenvalue weighted by atomic mass is 35.5. The molecule has 0 aliphatic carbocycles. The Labute approximate surface area is 101 Å². The van der Waals surface area contributed by atoms with Crippen molar-refractivity contribution in [2.75, 3.05) is 0 Å². The molecule has 16 heavy (non-hydrogen) atoms. The number of rotatable bonds is 4. The largest absolute Gasteiger partial charge is 0.479 e. The Hall–Kier alpha value is -1.10. The fourth-order valence-electron chi connectivity index (χ4n) is 1.05. The predicted molar refractivity (Wildman–Crippen MR) is 59.1 cm³/mol. The second kappa shape index (κ2) is 5.30. The van der Waals surface area contributed by atoms with Gasteiger partial charge in [-0.15, -0.1) is 0 Å². The van der Waals surface area contributed by atoms with Crippen molar-refractivity contribution in [1.82, 2.24) is 0 Å². The van der Waals surface area contributed by atoms with E-state index >= 15 is 0 Å². The van der Waals surface area contributed by atoms with Gasteiger partial charge in [-0.25, -0.2) is 4.79 Å². The fourth-order valence-corrected chi connectivity index (χ4v) is 1.35. The van der Waals surface area contributed by atoms with Crippen molar-refractivity contribution in [3.63, 3.8) is 0 Å². The Bertz CT molecular complexity index is 431. The lowest BCUT2D eigenvalue weighted by molar-refractivity contribution is -0.146. The van der Waals surface area contributed by atoms with Crippen LogP contribution in [0.2, 0.25) is 10.0 Å². The van der Waals surface area contributed by atoms with Crippen LogP contribution in [0.25, 0.3) is 0 Å². The average molecular weight is 263 g/mol. The van der Waals surface area contributed by atoms with Crippen LogP contribution >= 0.6 is 23.2 Å². The third-order valence-electron chi connectivity index (χ3n) is 1.91. The van der Waals surface area contributed by atoms with Crippen LogP contribution in [0.1, 0.15) is 16.8 Å². The monoisotopic (exact) mass is 262 g/mol. The number of halogens is 2. The lowest BCUT2D eigenvalue weighted by Gasteiger charge is -2.05. The molecular weight excluding hydrogens is 255 g/mol. The van der Waals surface area contributed by atoms with Gasteiger partial charge in [-0.1, -0.05) is 23.2 Å². The van der Waals surface area contributed by atoms with Gasteiger partial charge in [0.2, 0.25) is 0 Å². The van der Waals surface area contributed by atoms with Crippen LogP contribution in [-0.2, 0) is 4.79 Å². The number of aliphatic hydroxyl groups excluding tert-OH is 1. The molecule has 1 aromatic rings. The Morgan fingerprint density at radius 2 is 1.88 bits per heavy atom. The van der Waals surface area contributed by atoms with Gasteiger partial charge >= 0.3 is 5.97 Å². The summed E-state index contributed by atoms with van der Waals surface area (Å²) in [6.45, 7) is 0. The maximum Gasteiger partial charge on any atom is 0.332 e. The van der Waals surface area contributed by atoms with Crippen LogP contribution in [0.5, 0.6) is 0 Å². The van der Waals surface area contributed by atoms with Gasteiger partial charge in [0.15, 0.2) is 11.9 Å². The Kier molecular flexibility index (Phi) is 4.29. The summed E-state index contributed by atoms with van der Waals surface area (Å²) in [7, 11) is 0. The SMILES string of the molecule is O=C(CC(O)C(=O)O)c1ccc(Cl)c(Cl)c1. The van der Waals surface area contributed by atoms with E-state index in [1.54, 1.807) is 0 Å². The number of hydrogen-bond donors (Lipinski definition) is 2. The van der Waals surface area contributed by atoms with Crippen molar-refractivity contribution in [3.8, 4) is 0 Å². The molecule has 1 rings (SSSR count). The standard InChI is InChI=1S/C10H8Cl2O4/c11-6-2-1-5(3-7(6)12)8(13)4-9(14)10(15)16/h1-3,9,14H,4H2,(H,15,16). The molecule has 0 fully saturated rings. The maximum absolute atomic E-state index is 11.5. The number of benzene rings is 1. The summed E-state index contributed by atoms with van der Waals surface area (Å²) in [4.78, 5) is 21.8. The van der Waals surface area contributed by atoms with E-state index in [9.17, 15) is 9.59 Å². The summed E-state index contributed by atoms with van der Waals surface area (Å²) in [6.07, 6.45) is -2.20.